The Hall–Kier alpha value is -2.51. The zero-order valence-electron chi connectivity index (χ0n) is 9.84. The minimum absolute atomic E-state index is 0.420. The molecule has 0 radical (unpaired) electrons. The van der Waals surface area contributed by atoms with Gasteiger partial charge >= 0.3 is 0 Å². The fraction of sp³-hybridized carbons (Fsp3) is 0. The van der Waals surface area contributed by atoms with E-state index < -0.39 is 0 Å². The van der Waals surface area contributed by atoms with Gasteiger partial charge in [0.1, 0.15) is 5.15 Å². The average molecular weight is 269 g/mol. The Balaban J connectivity index is 2.02. The van der Waals surface area contributed by atoms with Gasteiger partial charge < -0.3 is 5.73 Å². The summed E-state index contributed by atoms with van der Waals surface area (Å²) < 4.78 is 1.64. The number of benzene rings is 1. The topological polar surface area (TPSA) is 56.2 Å². The molecule has 0 bridgehead atoms. The maximum atomic E-state index is 5.87. The number of halogens is 1. The Morgan fingerprint density at radius 3 is 2.68 bits per heavy atom. The molecule has 0 aliphatic heterocycles. The molecule has 2 aromatic heterocycles. The monoisotopic (exact) mass is 268 g/mol. The molecule has 0 fully saturated rings. The van der Waals surface area contributed by atoms with Crippen LogP contribution in [0.5, 0.6) is 0 Å². The van der Waals surface area contributed by atoms with Crippen LogP contribution >= 0.6 is 11.6 Å². The van der Waals surface area contributed by atoms with Crippen molar-refractivity contribution in [1.29, 1.82) is 0 Å². The van der Waals surface area contributed by atoms with Crippen LogP contribution in [-0.2, 0) is 0 Å². The van der Waals surface area contributed by atoms with Gasteiger partial charge in [-0.25, -0.2) is 9.50 Å². The molecule has 0 aliphatic carbocycles. The Kier molecular flexibility index (Phi) is 2.82. The van der Waals surface area contributed by atoms with Crippen molar-refractivity contribution in [2.24, 2.45) is 0 Å². The van der Waals surface area contributed by atoms with Crippen LogP contribution in [0.15, 0.2) is 42.7 Å². The van der Waals surface area contributed by atoms with Gasteiger partial charge in [0, 0.05) is 17.4 Å². The molecule has 0 atom stereocenters. The molecule has 92 valence electrons. The number of fused-ring (bicyclic) bond motifs is 1. The van der Waals surface area contributed by atoms with Gasteiger partial charge in [0.2, 0.25) is 0 Å². The minimum Gasteiger partial charge on any atom is -0.399 e. The highest BCUT2D eigenvalue weighted by atomic mass is 35.5. The summed E-state index contributed by atoms with van der Waals surface area (Å²) in [6, 6.07) is 9.05. The SMILES string of the molecule is Nc1ccc(C#Cc2cnn3ccc(Cl)nc23)cc1. The zero-order chi connectivity index (χ0) is 13.2. The second-order valence-corrected chi connectivity index (χ2v) is 4.34. The van der Waals surface area contributed by atoms with Crippen molar-refractivity contribution in [3.8, 4) is 11.8 Å². The summed E-state index contributed by atoms with van der Waals surface area (Å²) in [4.78, 5) is 4.21. The first-order valence-corrected chi connectivity index (χ1v) is 5.97. The summed E-state index contributed by atoms with van der Waals surface area (Å²) in [5.41, 5.74) is 8.61. The standard InChI is InChI=1S/C14H9ClN4/c15-13-7-8-19-14(18-13)11(9-17-19)4-1-10-2-5-12(16)6-3-10/h2-3,5-9H,16H2. The van der Waals surface area contributed by atoms with E-state index in [-0.39, 0.29) is 0 Å². The highest BCUT2D eigenvalue weighted by Gasteiger charge is 2.03. The number of aromatic nitrogens is 3. The van der Waals surface area contributed by atoms with E-state index in [4.69, 9.17) is 17.3 Å². The molecular weight excluding hydrogens is 260 g/mol. The van der Waals surface area contributed by atoms with Crippen LogP contribution in [0.4, 0.5) is 5.69 Å². The van der Waals surface area contributed by atoms with Crippen molar-refractivity contribution < 1.29 is 0 Å². The number of hydrogen-bond donors (Lipinski definition) is 1. The molecule has 4 nitrogen and oxygen atoms in total. The van der Waals surface area contributed by atoms with Crippen LogP contribution in [0.2, 0.25) is 5.15 Å². The summed E-state index contributed by atoms with van der Waals surface area (Å²) in [7, 11) is 0. The number of anilines is 1. The van der Waals surface area contributed by atoms with Gasteiger partial charge in [-0.05, 0) is 30.3 Å². The van der Waals surface area contributed by atoms with Gasteiger partial charge in [-0.3, -0.25) is 0 Å². The molecule has 0 aliphatic rings. The Bertz CT molecular complexity index is 794. The Morgan fingerprint density at radius 1 is 1.11 bits per heavy atom. The number of nitrogens with zero attached hydrogens (tertiary/aromatic N) is 3. The van der Waals surface area contributed by atoms with Crippen LogP contribution in [0.1, 0.15) is 11.1 Å². The summed E-state index contributed by atoms with van der Waals surface area (Å²) in [6.45, 7) is 0. The van der Waals surface area contributed by atoms with Crippen molar-refractivity contribution in [2.45, 2.75) is 0 Å². The first-order chi connectivity index (χ1) is 9.22. The van der Waals surface area contributed by atoms with Crippen LogP contribution in [0.3, 0.4) is 0 Å². The number of nitrogen functional groups attached to an aromatic ring is 1. The molecule has 0 amide bonds. The lowest BCUT2D eigenvalue weighted by Crippen LogP contribution is -1.89. The highest BCUT2D eigenvalue weighted by molar-refractivity contribution is 6.29. The van der Waals surface area contributed by atoms with Gasteiger partial charge in [0.15, 0.2) is 5.65 Å². The Morgan fingerprint density at radius 2 is 1.89 bits per heavy atom. The van der Waals surface area contributed by atoms with E-state index in [9.17, 15) is 0 Å². The van der Waals surface area contributed by atoms with Gasteiger partial charge in [-0.1, -0.05) is 23.4 Å². The lowest BCUT2D eigenvalue weighted by molar-refractivity contribution is 0.939. The van der Waals surface area contributed by atoms with E-state index in [0.29, 0.717) is 10.8 Å². The van der Waals surface area contributed by atoms with Crippen LogP contribution < -0.4 is 5.73 Å². The summed E-state index contributed by atoms with van der Waals surface area (Å²) >= 11 is 5.87. The third-order valence-corrected chi connectivity index (χ3v) is 2.80. The normalized spacial score (nSPS) is 10.2. The van der Waals surface area contributed by atoms with Gasteiger partial charge in [-0.2, -0.15) is 5.10 Å². The molecule has 3 rings (SSSR count). The van der Waals surface area contributed by atoms with Crippen LogP contribution in [0, 0.1) is 11.8 Å². The minimum atomic E-state index is 0.420. The fourth-order valence-electron chi connectivity index (χ4n) is 1.64. The zero-order valence-corrected chi connectivity index (χ0v) is 10.6. The summed E-state index contributed by atoms with van der Waals surface area (Å²) in [6.07, 6.45) is 3.42. The molecule has 0 saturated heterocycles. The quantitative estimate of drug-likeness (QED) is 0.387. The lowest BCUT2D eigenvalue weighted by atomic mass is 10.2. The van der Waals surface area contributed by atoms with E-state index in [1.54, 1.807) is 23.0 Å². The van der Waals surface area contributed by atoms with E-state index in [1.807, 2.05) is 24.3 Å². The predicted molar refractivity (Wildman–Crippen MR) is 74.8 cm³/mol. The maximum absolute atomic E-state index is 5.87. The van der Waals surface area contributed by atoms with Crippen molar-refractivity contribution in [3.05, 3.63) is 59.0 Å². The second kappa shape index (κ2) is 4.63. The van der Waals surface area contributed by atoms with E-state index in [1.165, 1.54) is 0 Å². The molecule has 0 unspecified atom stereocenters. The number of nitrogens with two attached hydrogens (primary N) is 1. The van der Waals surface area contributed by atoms with Crippen molar-refractivity contribution in [2.75, 3.05) is 5.73 Å². The molecule has 0 saturated carbocycles. The average Bonchev–Trinajstić information content (AvgIpc) is 2.80. The first-order valence-electron chi connectivity index (χ1n) is 5.60. The summed E-state index contributed by atoms with van der Waals surface area (Å²) in [5, 5.41) is 4.58. The van der Waals surface area contributed by atoms with Crippen molar-refractivity contribution in [3.63, 3.8) is 0 Å². The van der Waals surface area contributed by atoms with Crippen LogP contribution in [0.25, 0.3) is 5.65 Å². The maximum Gasteiger partial charge on any atom is 0.172 e. The molecule has 1 aromatic carbocycles. The first kappa shape index (κ1) is 11.6. The van der Waals surface area contributed by atoms with Gasteiger partial charge in [0.25, 0.3) is 0 Å². The smallest absolute Gasteiger partial charge is 0.172 e. The molecule has 3 aromatic rings. The largest absolute Gasteiger partial charge is 0.399 e. The molecule has 0 spiro atoms. The third kappa shape index (κ3) is 2.37. The number of hydrogen-bond acceptors (Lipinski definition) is 3. The fourth-order valence-corrected chi connectivity index (χ4v) is 1.78. The van der Waals surface area contributed by atoms with Gasteiger partial charge in [0.05, 0.1) is 11.8 Å². The second-order valence-electron chi connectivity index (χ2n) is 3.95. The predicted octanol–water partition coefficient (Wildman–Crippen LogP) is 2.36. The summed E-state index contributed by atoms with van der Waals surface area (Å²) in [5.74, 6) is 6.08. The van der Waals surface area contributed by atoms with E-state index in [2.05, 4.69) is 21.9 Å². The highest BCUT2D eigenvalue weighted by Crippen LogP contribution is 2.11. The molecule has 2 N–H and O–H groups in total. The molecule has 19 heavy (non-hydrogen) atoms. The van der Waals surface area contributed by atoms with Crippen LogP contribution in [-0.4, -0.2) is 14.6 Å². The Labute approximate surface area is 114 Å². The van der Waals surface area contributed by atoms with E-state index in [0.717, 1.165) is 16.8 Å². The van der Waals surface area contributed by atoms with E-state index >= 15 is 0 Å². The third-order valence-electron chi connectivity index (χ3n) is 2.59. The molecule has 2 heterocycles. The molecule has 5 heteroatoms. The van der Waals surface area contributed by atoms with Gasteiger partial charge in [-0.15, -0.1) is 0 Å². The van der Waals surface area contributed by atoms with Crippen molar-refractivity contribution in [1.82, 2.24) is 14.6 Å². The van der Waals surface area contributed by atoms with Crippen molar-refractivity contribution >= 4 is 22.9 Å². The lowest BCUT2D eigenvalue weighted by Gasteiger charge is -1.93. The molecular formula is C14H9ClN4. The number of rotatable bonds is 0.